The number of nitrogen functional groups attached to an aromatic ring is 1. The summed E-state index contributed by atoms with van der Waals surface area (Å²) in [6, 6.07) is 15.9. The van der Waals surface area contributed by atoms with Crippen molar-refractivity contribution in [1.29, 1.82) is 0 Å². The first-order chi connectivity index (χ1) is 9.70. The van der Waals surface area contributed by atoms with Crippen LogP contribution in [0.15, 0.2) is 60.9 Å². The zero-order chi connectivity index (χ0) is 13.9. The number of nitrogens with zero attached hydrogens (tertiary/aromatic N) is 2. The van der Waals surface area contributed by atoms with E-state index in [1.165, 1.54) is 5.56 Å². The van der Waals surface area contributed by atoms with Gasteiger partial charge in [0.1, 0.15) is 0 Å². The maximum Gasteiger partial charge on any atom is 0.0945 e. The number of benzene rings is 2. The molecule has 1 heterocycles. The van der Waals surface area contributed by atoms with Gasteiger partial charge in [0.2, 0.25) is 0 Å². The second-order valence-electron chi connectivity index (χ2n) is 4.88. The van der Waals surface area contributed by atoms with Gasteiger partial charge in [-0.15, -0.1) is 0 Å². The molecule has 0 fully saturated rings. The van der Waals surface area contributed by atoms with Gasteiger partial charge in [0.15, 0.2) is 0 Å². The number of halogens is 1. The van der Waals surface area contributed by atoms with Crippen molar-refractivity contribution in [2.45, 2.75) is 6.54 Å². The van der Waals surface area contributed by atoms with Crippen molar-refractivity contribution >= 4 is 23.0 Å². The van der Waals surface area contributed by atoms with E-state index in [1.807, 2.05) is 42.5 Å². The summed E-state index contributed by atoms with van der Waals surface area (Å²) in [5.74, 6) is 0. The minimum absolute atomic E-state index is 0.779. The molecule has 20 heavy (non-hydrogen) atoms. The Balaban J connectivity index is 1.65. The van der Waals surface area contributed by atoms with Crippen molar-refractivity contribution in [3.8, 4) is 0 Å². The lowest BCUT2D eigenvalue weighted by atomic mass is 10.2. The van der Waals surface area contributed by atoms with Crippen LogP contribution in [0.3, 0.4) is 0 Å². The summed E-state index contributed by atoms with van der Waals surface area (Å²) in [7, 11) is 0. The highest BCUT2D eigenvalue weighted by Gasteiger charge is 2.13. The highest BCUT2D eigenvalue weighted by molar-refractivity contribution is 6.30. The first-order valence-electron chi connectivity index (χ1n) is 6.50. The second-order valence-corrected chi connectivity index (χ2v) is 5.31. The summed E-state index contributed by atoms with van der Waals surface area (Å²) in [6.45, 7) is 1.68. The average molecular weight is 286 g/mol. The summed E-state index contributed by atoms with van der Waals surface area (Å²) < 4.78 is 0. The van der Waals surface area contributed by atoms with Crippen LogP contribution < -0.4 is 10.6 Å². The maximum atomic E-state index is 6.01. The number of anilines is 2. The van der Waals surface area contributed by atoms with Crippen LogP contribution >= 0.6 is 11.6 Å². The Morgan fingerprint density at radius 2 is 1.85 bits per heavy atom. The molecule has 3 rings (SSSR count). The fraction of sp³-hybridized carbons (Fsp3) is 0.125. The first-order valence-corrected chi connectivity index (χ1v) is 6.87. The normalized spacial score (nSPS) is 14.1. The van der Waals surface area contributed by atoms with E-state index in [1.54, 1.807) is 0 Å². The Hall–Kier alpha value is -2.13. The third-order valence-electron chi connectivity index (χ3n) is 3.29. The van der Waals surface area contributed by atoms with Crippen molar-refractivity contribution < 1.29 is 0 Å². The molecule has 3 nitrogen and oxygen atoms in total. The zero-order valence-electron chi connectivity index (χ0n) is 11.0. The quantitative estimate of drug-likeness (QED) is 0.873. The summed E-state index contributed by atoms with van der Waals surface area (Å²) in [6.07, 6.45) is 4.17. The van der Waals surface area contributed by atoms with E-state index >= 15 is 0 Å². The molecule has 0 bridgehead atoms. The van der Waals surface area contributed by atoms with Gasteiger partial charge in [0.05, 0.1) is 6.67 Å². The van der Waals surface area contributed by atoms with Crippen molar-refractivity contribution in [3.63, 3.8) is 0 Å². The lowest BCUT2D eigenvalue weighted by molar-refractivity contribution is 0.400. The van der Waals surface area contributed by atoms with E-state index in [9.17, 15) is 0 Å². The molecule has 2 aromatic carbocycles. The van der Waals surface area contributed by atoms with Gasteiger partial charge in [-0.3, -0.25) is 0 Å². The molecule has 0 radical (unpaired) electrons. The molecule has 0 saturated carbocycles. The predicted molar refractivity (Wildman–Crippen MR) is 84.3 cm³/mol. The zero-order valence-corrected chi connectivity index (χ0v) is 11.8. The second kappa shape index (κ2) is 5.47. The van der Waals surface area contributed by atoms with Crippen LogP contribution in [-0.4, -0.2) is 11.6 Å². The highest BCUT2D eigenvalue weighted by Crippen LogP contribution is 2.22. The molecule has 0 saturated heterocycles. The van der Waals surface area contributed by atoms with Crippen LogP contribution in [0.5, 0.6) is 0 Å². The molecule has 2 N–H and O–H groups in total. The van der Waals surface area contributed by atoms with E-state index in [-0.39, 0.29) is 0 Å². The number of hydrogen-bond donors (Lipinski definition) is 1. The van der Waals surface area contributed by atoms with E-state index in [2.05, 4.69) is 28.3 Å². The highest BCUT2D eigenvalue weighted by atomic mass is 35.5. The summed E-state index contributed by atoms with van der Waals surface area (Å²) in [5, 5.41) is 0.779. The molecule has 0 amide bonds. The van der Waals surface area contributed by atoms with Crippen LogP contribution in [0.25, 0.3) is 0 Å². The molecular formula is C16H16ClN3. The Morgan fingerprint density at radius 3 is 2.60 bits per heavy atom. The third kappa shape index (κ3) is 2.89. The van der Waals surface area contributed by atoms with Crippen molar-refractivity contribution in [2.24, 2.45) is 0 Å². The van der Waals surface area contributed by atoms with Crippen molar-refractivity contribution in [1.82, 2.24) is 4.90 Å². The molecule has 1 aliphatic heterocycles. The summed E-state index contributed by atoms with van der Waals surface area (Å²) in [4.78, 5) is 4.42. The minimum Gasteiger partial charge on any atom is -0.399 e. The molecule has 0 atom stereocenters. The summed E-state index contributed by atoms with van der Waals surface area (Å²) in [5.41, 5.74) is 8.85. The first kappa shape index (κ1) is 12.9. The standard InChI is InChI=1S/C16H16ClN3/c17-14-3-1-2-13(10-14)11-19-8-9-20(12-19)16-6-4-15(18)5-7-16/h1-10H,11-12,18H2. The molecule has 1 aliphatic rings. The van der Waals surface area contributed by atoms with Crippen LogP contribution in [0.1, 0.15) is 5.56 Å². The molecule has 102 valence electrons. The van der Waals surface area contributed by atoms with Crippen LogP contribution in [-0.2, 0) is 6.54 Å². The van der Waals surface area contributed by atoms with Gasteiger partial charge >= 0.3 is 0 Å². The Labute approximate surface area is 123 Å². The molecule has 0 unspecified atom stereocenters. The molecule has 4 heteroatoms. The predicted octanol–water partition coefficient (Wildman–Crippen LogP) is 3.67. The lowest BCUT2D eigenvalue weighted by Crippen LogP contribution is -2.24. The van der Waals surface area contributed by atoms with E-state index in [4.69, 9.17) is 17.3 Å². The topological polar surface area (TPSA) is 32.5 Å². The Morgan fingerprint density at radius 1 is 1.05 bits per heavy atom. The Bertz CT molecular complexity index is 622. The fourth-order valence-corrected chi connectivity index (χ4v) is 2.48. The van der Waals surface area contributed by atoms with Gasteiger partial charge in [-0.25, -0.2) is 0 Å². The third-order valence-corrected chi connectivity index (χ3v) is 3.53. The van der Waals surface area contributed by atoms with Crippen LogP contribution in [0.4, 0.5) is 11.4 Å². The van der Waals surface area contributed by atoms with E-state index in [0.29, 0.717) is 0 Å². The van der Waals surface area contributed by atoms with Gasteiger partial charge in [-0.2, -0.15) is 0 Å². The van der Waals surface area contributed by atoms with Crippen molar-refractivity contribution in [2.75, 3.05) is 17.3 Å². The van der Waals surface area contributed by atoms with Crippen LogP contribution in [0.2, 0.25) is 5.02 Å². The van der Waals surface area contributed by atoms with Gasteiger partial charge in [0.25, 0.3) is 0 Å². The minimum atomic E-state index is 0.779. The largest absolute Gasteiger partial charge is 0.399 e. The molecule has 0 aliphatic carbocycles. The van der Waals surface area contributed by atoms with E-state index in [0.717, 1.165) is 29.6 Å². The maximum absolute atomic E-state index is 6.01. The summed E-state index contributed by atoms with van der Waals surface area (Å²) >= 11 is 6.01. The molecule has 2 aromatic rings. The van der Waals surface area contributed by atoms with Crippen molar-refractivity contribution in [3.05, 3.63) is 71.5 Å². The molecule has 0 spiro atoms. The number of hydrogen-bond acceptors (Lipinski definition) is 3. The van der Waals surface area contributed by atoms with E-state index < -0.39 is 0 Å². The fourth-order valence-electron chi connectivity index (χ4n) is 2.27. The number of nitrogens with two attached hydrogens (primary N) is 1. The van der Waals surface area contributed by atoms with Gasteiger partial charge in [-0.1, -0.05) is 23.7 Å². The SMILES string of the molecule is Nc1ccc(N2C=CN(Cc3cccc(Cl)c3)C2)cc1. The average Bonchev–Trinajstić information content (AvgIpc) is 2.88. The van der Waals surface area contributed by atoms with Gasteiger partial charge in [-0.05, 0) is 42.0 Å². The van der Waals surface area contributed by atoms with Crippen LogP contribution in [0, 0.1) is 0 Å². The monoisotopic (exact) mass is 285 g/mol. The molecular weight excluding hydrogens is 270 g/mol. The Kier molecular flexibility index (Phi) is 3.52. The van der Waals surface area contributed by atoms with Gasteiger partial charge < -0.3 is 15.5 Å². The van der Waals surface area contributed by atoms with Gasteiger partial charge in [0, 0.05) is 35.3 Å². The number of rotatable bonds is 3. The molecule has 0 aromatic heterocycles. The smallest absolute Gasteiger partial charge is 0.0945 e. The lowest BCUT2D eigenvalue weighted by Gasteiger charge is -2.21.